The average molecular weight is 328 g/mol. The first-order chi connectivity index (χ1) is 9.04. The molecule has 108 valence electrons. The summed E-state index contributed by atoms with van der Waals surface area (Å²) in [5.74, 6) is 1.01. The maximum absolute atomic E-state index is 5.46. The minimum atomic E-state index is 0.591. The molecule has 1 rings (SSSR count). The summed E-state index contributed by atoms with van der Waals surface area (Å²) in [4.78, 5) is 0. The highest BCUT2D eigenvalue weighted by Gasteiger charge is 2.06. The molecule has 1 aromatic rings. The molecule has 0 aliphatic rings. The summed E-state index contributed by atoms with van der Waals surface area (Å²) in [5, 5.41) is 3.45. The molecule has 19 heavy (non-hydrogen) atoms. The molecule has 0 aromatic heterocycles. The molecule has 0 unspecified atom stereocenters. The Morgan fingerprint density at radius 1 is 1.21 bits per heavy atom. The van der Waals surface area contributed by atoms with Gasteiger partial charge in [0.2, 0.25) is 0 Å². The number of hydrogen-bond donors (Lipinski definition) is 1. The minimum Gasteiger partial charge on any atom is -0.496 e. The van der Waals surface area contributed by atoms with Gasteiger partial charge in [-0.25, -0.2) is 0 Å². The fraction of sp³-hybridized carbons (Fsp3) is 0.625. The summed E-state index contributed by atoms with van der Waals surface area (Å²) < 4.78 is 6.63. The number of ether oxygens (including phenoxy) is 1. The van der Waals surface area contributed by atoms with Crippen LogP contribution in [0.25, 0.3) is 0 Å². The summed E-state index contributed by atoms with van der Waals surface area (Å²) in [6.45, 7) is 7.59. The number of benzene rings is 1. The van der Waals surface area contributed by atoms with Gasteiger partial charge in [-0.05, 0) is 56.0 Å². The minimum absolute atomic E-state index is 0.591. The standard InChI is InChI=1S/C16H26BrNO/c1-12(2)18-9-7-5-6-8-14-11-15(17)13(3)10-16(14)19-4/h10-12,18H,5-9H2,1-4H3. The van der Waals surface area contributed by atoms with Gasteiger partial charge in [-0.1, -0.05) is 36.2 Å². The normalized spacial score (nSPS) is 11.1. The Morgan fingerprint density at radius 3 is 2.58 bits per heavy atom. The maximum atomic E-state index is 5.46. The summed E-state index contributed by atoms with van der Waals surface area (Å²) in [6.07, 6.45) is 4.80. The molecule has 0 aliphatic heterocycles. The molecule has 0 radical (unpaired) electrons. The van der Waals surface area contributed by atoms with Crippen molar-refractivity contribution in [2.45, 2.75) is 52.5 Å². The van der Waals surface area contributed by atoms with E-state index in [4.69, 9.17) is 4.74 Å². The second-order valence-electron chi connectivity index (χ2n) is 5.33. The van der Waals surface area contributed by atoms with Gasteiger partial charge in [0.25, 0.3) is 0 Å². The predicted octanol–water partition coefficient (Wildman–Crippen LogP) is 4.48. The second kappa shape index (κ2) is 8.60. The first kappa shape index (κ1) is 16.5. The van der Waals surface area contributed by atoms with Crippen LogP contribution in [-0.2, 0) is 6.42 Å². The molecule has 0 spiro atoms. The number of unbranched alkanes of at least 4 members (excludes halogenated alkanes) is 2. The van der Waals surface area contributed by atoms with Crippen molar-refractivity contribution in [2.75, 3.05) is 13.7 Å². The van der Waals surface area contributed by atoms with Crippen LogP contribution in [0.3, 0.4) is 0 Å². The van der Waals surface area contributed by atoms with Gasteiger partial charge in [0, 0.05) is 10.5 Å². The van der Waals surface area contributed by atoms with Gasteiger partial charge >= 0.3 is 0 Å². The first-order valence-electron chi connectivity index (χ1n) is 7.11. The third-order valence-electron chi connectivity index (χ3n) is 3.24. The molecule has 0 saturated carbocycles. The third-order valence-corrected chi connectivity index (χ3v) is 4.09. The largest absolute Gasteiger partial charge is 0.496 e. The van der Waals surface area contributed by atoms with Crippen molar-refractivity contribution >= 4 is 15.9 Å². The zero-order valence-electron chi connectivity index (χ0n) is 12.6. The molecule has 0 heterocycles. The SMILES string of the molecule is COc1cc(C)c(Br)cc1CCCCCNC(C)C. The topological polar surface area (TPSA) is 21.3 Å². The Morgan fingerprint density at radius 2 is 1.95 bits per heavy atom. The van der Waals surface area contributed by atoms with E-state index in [1.807, 2.05) is 0 Å². The lowest BCUT2D eigenvalue weighted by molar-refractivity contribution is 0.408. The lowest BCUT2D eigenvalue weighted by Gasteiger charge is -2.11. The number of aryl methyl sites for hydroxylation is 2. The smallest absolute Gasteiger partial charge is 0.122 e. The number of rotatable bonds is 8. The van der Waals surface area contributed by atoms with Gasteiger partial charge in [-0.3, -0.25) is 0 Å². The van der Waals surface area contributed by atoms with E-state index < -0.39 is 0 Å². The number of methoxy groups -OCH3 is 1. The number of nitrogens with one attached hydrogen (secondary N) is 1. The summed E-state index contributed by atoms with van der Waals surface area (Å²) in [5.41, 5.74) is 2.53. The summed E-state index contributed by atoms with van der Waals surface area (Å²) >= 11 is 3.59. The quantitative estimate of drug-likeness (QED) is 0.711. The number of halogens is 1. The van der Waals surface area contributed by atoms with E-state index in [1.54, 1.807) is 7.11 Å². The zero-order valence-corrected chi connectivity index (χ0v) is 14.1. The molecule has 1 aromatic carbocycles. The molecule has 0 aliphatic carbocycles. The van der Waals surface area contributed by atoms with Crippen molar-refractivity contribution in [1.82, 2.24) is 5.32 Å². The zero-order chi connectivity index (χ0) is 14.3. The van der Waals surface area contributed by atoms with Gasteiger partial charge < -0.3 is 10.1 Å². The molecule has 0 bridgehead atoms. The molecule has 0 fully saturated rings. The number of hydrogen-bond acceptors (Lipinski definition) is 2. The Kier molecular flexibility index (Phi) is 7.47. The van der Waals surface area contributed by atoms with Crippen LogP contribution < -0.4 is 10.1 Å². The lowest BCUT2D eigenvalue weighted by atomic mass is 10.0. The van der Waals surface area contributed by atoms with Crippen LogP contribution in [0.4, 0.5) is 0 Å². The molecule has 3 heteroatoms. The Balaban J connectivity index is 2.38. The highest BCUT2D eigenvalue weighted by Crippen LogP contribution is 2.28. The molecule has 2 nitrogen and oxygen atoms in total. The molecule has 0 atom stereocenters. The van der Waals surface area contributed by atoms with Crippen LogP contribution in [0, 0.1) is 6.92 Å². The highest BCUT2D eigenvalue weighted by atomic mass is 79.9. The van der Waals surface area contributed by atoms with E-state index in [-0.39, 0.29) is 0 Å². The van der Waals surface area contributed by atoms with Crippen LogP contribution in [0.5, 0.6) is 5.75 Å². The van der Waals surface area contributed by atoms with Crippen molar-refractivity contribution in [3.8, 4) is 5.75 Å². The fourth-order valence-electron chi connectivity index (χ4n) is 2.09. The van der Waals surface area contributed by atoms with Gasteiger partial charge in [-0.2, -0.15) is 0 Å². The van der Waals surface area contributed by atoms with Gasteiger partial charge in [-0.15, -0.1) is 0 Å². The molecular formula is C16H26BrNO. The molecule has 1 N–H and O–H groups in total. The van der Waals surface area contributed by atoms with Crippen molar-refractivity contribution in [3.63, 3.8) is 0 Å². The monoisotopic (exact) mass is 327 g/mol. The van der Waals surface area contributed by atoms with Crippen molar-refractivity contribution in [2.24, 2.45) is 0 Å². The van der Waals surface area contributed by atoms with Crippen LogP contribution in [0.1, 0.15) is 44.2 Å². The first-order valence-corrected chi connectivity index (χ1v) is 7.90. The van der Waals surface area contributed by atoms with Crippen LogP contribution in [0.2, 0.25) is 0 Å². The van der Waals surface area contributed by atoms with E-state index in [1.165, 1.54) is 34.9 Å². The van der Waals surface area contributed by atoms with Crippen LogP contribution in [-0.4, -0.2) is 19.7 Å². The molecule has 0 amide bonds. The molecular weight excluding hydrogens is 302 g/mol. The summed E-state index contributed by atoms with van der Waals surface area (Å²) in [7, 11) is 1.75. The Bertz CT molecular complexity index is 391. The van der Waals surface area contributed by atoms with E-state index in [9.17, 15) is 0 Å². The Labute approximate surface area is 126 Å². The van der Waals surface area contributed by atoms with E-state index in [0.29, 0.717) is 6.04 Å². The van der Waals surface area contributed by atoms with Crippen LogP contribution >= 0.6 is 15.9 Å². The van der Waals surface area contributed by atoms with Gasteiger partial charge in [0.05, 0.1) is 7.11 Å². The predicted molar refractivity (Wildman–Crippen MR) is 86.1 cm³/mol. The average Bonchev–Trinajstić information content (AvgIpc) is 2.36. The van der Waals surface area contributed by atoms with Gasteiger partial charge in [0.15, 0.2) is 0 Å². The van der Waals surface area contributed by atoms with E-state index in [2.05, 4.69) is 54.2 Å². The summed E-state index contributed by atoms with van der Waals surface area (Å²) in [6, 6.07) is 4.90. The van der Waals surface area contributed by atoms with E-state index >= 15 is 0 Å². The second-order valence-corrected chi connectivity index (χ2v) is 6.19. The van der Waals surface area contributed by atoms with Crippen molar-refractivity contribution in [3.05, 3.63) is 27.7 Å². The van der Waals surface area contributed by atoms with E-state index in [0.717, 1.165) is 18.7 Å². The Hall–Kier alpha value is -0.540. The highest BCUT2D eigenvalue weighted by molar-refractivity contribution is 9.10. The fourth-order valence-corrected chi connectivity index (χ4v) is 2.48. The van der Waals surface area contributed by atoms with Crippen molar-refractivity contribution < 1.29 is 4.74 Å². The maximum Gasteiger partial charge on any atom is 0.122 e. The third kappa shape index (κ3) is 5.96. The van der Waals surface area contributed by atoms with Crippen molar-refractivity contribution in [1.29, 1.82) is 0 Å². The van der Waals surface area contributed by atoms with Crippen LogP contribution in [0.15, 0.2) is 16.6 Å². The molecule has 0 saturated heterocycles. The lowest BCUT2D eigenvalue weighted by Crippen LogP contribution is -2.23. The van der Waals surface area contributed by atoms with Gasteiger partial charge in [0.1, 0.15) is 5.75 Å².